The van der Waals surface area contributed by atoms with E-state index in [1.54, 1.807) is 32.4 Å². The Labute approximate surface area is 151 Å². The molecule has 0 saturated carbocycles. The van der Waals surface area contributed by atoms with Crippen LogP contribution in [0.15, 0.2) is 36.4 Å². The number of amides is 1. The van der Waals surface area contributed by atoms with Gasteiger partial charge in [0.1, 0.15) is 5.75 Å². The zero-order valence-corrected chi connectivity index (χ0v) is 14.7. The lowest BCUT2D eigenvalue weighted by Crippen LogP contribution is -2.30. The molecular weight excluding hydrogens is 338 g/mol. The number of carbonyl (C=O) groups is 1. The zero-order chi connectivity index (χ0) is 18.4. The highest BCUT2D eigenvalue weighted by atomic mass is 16.7. The van der Waals surface area contributed by atoms with Gasteiger partial charge in [-0.1, -0.05) is 6.07 Å². The predicted molar refractivity (Wildman–Crippen MR) is 94.3 cm³/mol. The average Bonchev–Trinajstić information content (AvgIpc) is 3.14. The van der Waals surface area contributed by atoms with Gasteiger partial charge in [0.15, 0.2) is 29.6 Å². The summed E-state index contributed by atoms with van der Waals surface area (Å²) in [6.45, 7) is 0.639. The van der Waals surface area contributed by atoms with E-state index in [0.717, 1.165) is 5.56 Å². The number of ether oxygens (including phenoxy) is 5. The molecule has 2 aromatic rings. The molecule has 0 bridgehead atoms. The summed E-state index contributed by atoms with van der Waals surface area (Å²) in [7, 11) is 3.19. The van der Waals surface area contributed by atoms with Crippen LogP contribution in [0, 0.1) is 0 Å². The van der Waals surface area contributed by atoms with Crippen LogP contribution in [0.3, 0.4) is 0 Å². The quantitative estimate of drug-likeness (QED) is 0.779. The zero-order valence-electron chi connectivity index (χ0n) is 14.7. The molecule has 7 nitrogen and oxygen atoms in total. The Hall–Kier alpha value is -3.09. The van der Waals surface area contributed by atoms with Crippen molar-refractivity contribution in [3.8, 4) is 28.7 Å². The Morgan fingerprint density at radius 3 is 2.65 bits per heavy atom. The van der Waals surface area contributed by atoms with E-state index in [1.165, 1.54) is 0 Å². The minimum atomic E-state index is -0.192. The summed E-state index contributed by atoms with van der Waals surface area (Å²) >= 11 is 0. The van der Waals surface area contributed by atoms with E-state index in [0.29, 0.717) is 41.7 Å². The van der Waals surface area contributed by atoms with Gasteiger partial charge in [0, 0.05) is 12.6 Å². The number of hydrogen-bond donors (Lipinski definition) is 1. The first-order valence-electron chi connectivity index (χ1n) is 8.19. The van der Waals surface area contributed by atoms with Gasteiger partial charge >= 0.3 is 0 Å². The Bertz CT molecular complexity index is 777. The van der Waals surface area contributed by atoms with Gasteiger partial charge in [-0.25, -0.2) is 0 Å². The van der Waals surface area contributed by atoms with Crippen molar-refractivity contribution < 1.29 is 28.5 Å². The second-order valence-electron chi connectivity index (χ2n) is 5.59. The molecule has 7 heteroatoms. The molecule has 1 aliphatic rings. The lowest BCUT2D eigenvalue weighted by atomic mass is 10.1. The normalized spacial score (nSPS) is 11.8. The van der Waals surface area contributed by atoms with E-state index in [2.05, 4.69) is 5.32 Å². The van der Waals surface area contributed by atoms with Crippen molar-refractivity contribution in [2.24, 2.45) is 0 Å². The minimum absolute atomic E-state index is 0.0639. The summed E-state index contributed by atoms with van der Waals surface area (Å²) in [5, 5.41) is 2.83. The topological polar surface area (TPSA) is 75.3 Å². The van der Waals surface area contributed by atoms with Crippen molar-refractivity contribution in [2.45, 2.75) is 6.42 Å². The van der Waals surface area contributed by atoms with Gasteiger partial charge in [0.2, 0.25) is 6.79 Å². The summed E-state index contributed by atoms with van der Waals surface area (Å²) in [6.07, 6.45) is 0.677. The molecule has 0 radical (unpaired) electrons. The number of hydrogen-bond acceptors (Lipinski definition) is 6. The lowest BCUT2D eigenvalue weighted by molar-refractivity contribution is -0.123. The molecule has 1 aliphatic heterocycles. The maximum atomic E-state index is 11.9. The number of benzene rings is 2. The van der Waals surface area contributed by atoms with Crippen molar-refractivity contribution in [1.29, 1.82) is 0 Å². The van der Waals surface area contributed by atoms with E-state index in [1.807, 2.05) is 18.2 Å². The summed E-state index contributed by atoms with van der Waals surface area (Å²) < 4.78 is 26.5. The van der Waals surface area contributed by atoms with Crippen molar-refractivity contribution in [3.63, 3.8) is 0 Å². The molecule has 2 aromatic carbocycles. The predicted octanol–water partition coefficient (Wildman–Crippen LogP) is 2.17. The van der Waals surface area contributed by atoms with Crippen LogP contribution in [0.2, 0.25) is 0 Å². The molecule has 0 spiro atoms. The maximum Gasteiger partial charge on any atom is 0.257 e. The highest BCUT2D eigenvalue weighted by molar-refractivity contribution is 5.77. The molecule has 1 heterocycles. The highest BCUT2D eigenvalue weighted by Gasteiger charge is 2.14. The molecule has 0 saturated heterocycles. The molecule has 1 N–H and O–H groups in total. The fourth-order valence-corrected chi connectivity index (χ4v) is 2.55. The molecule has 138 valence electrons. The van der Waals surface area contributed by atoms with Crippen molar-refractivity contribution >= 4 is 5.91 Å². The summed E-state index contributed by atoms with van der Waals surface area (Å²) in [6, 6.07) is 10.9. The van der Waals surface area contributed by atoms with E-state index in [9.17, 15) is 4.79 Å². The lowest BCUT2D eigenvalue weighted by Gasteiger charge is -2.10. The largest absolute Gasteiger partial charge is 0.493 e. The molecule has 0 unspecified atom stereocenters. The molecule has 0 atom stereocenters. The van der Waals surface area contributed by atoms with E-state index in [4.69, 9.17) is 23.7 Å². The second-order valence-corrected chi connectivity index (χ2v) is 5.59. The molecule has 3 rings (SSSR count). The molecule has 0 fully saturated rings. The van der Waals surface area contributed by atoms with Crippen molar-refractivity contribution in [1.82, 2.24) is 5.32 Å². The Balaban J connectivity index is 1.43. The molecule has 0 aliphatic carbocycles. The van der Waals surface area contributed by atoms with E-state index < -0.39 is 0 Å². The molecular formula is C19H21NO6. The third-order valence-electron chi connectivity index (χ3n) is 3.90. The summed E-state index contributed by atoms with van der Waals surface area (Å²) in [5.41, 5.74) is 1.04. The molecule has 26 heavy (non-hydrogen) atoms. The van der Waals surface area contributed by atoms with Gasteiger partial charge in [-0.2, -0.15) is 0 Å². The van der Waals surface area contributed by atoms with Gasteiger partial charge in [-0.15, -0.1) is 0 Å². The monoisotopic (exact) mass is 359 g/mol. The van der Waals surface area contributed by atoms with Crippen LogP contribution in [0.25, 0.3) is 0 Å². The van der Waals surface area contributed by atoms with Gasteiger partial charge in [0.05, 0.1) is 14.2 Å². The SMILES string of the molecule is COc1ccc(CCNC(=O)COc2ccc3c(c2)OCO3)cc1OC. The van der Waals surface area contributed by atoms with Gasteiger partial charge in [-0.05, 0) is 36.2 Å². The summed E-state index contributed by atoms with van der Waals surface area (Å²) in [5.74, 6) is 3.01. The van der Waals surface area contributed by atoms with E-state index >= 15 is 0 Å². The Morgan fingerprint density at radius 1 is 1.04 bits per heavy atom. The second kappa shape index (κ2) is 8.33. The first-order chi connectivity index (χ1) is 12.7. The summed E-state index contributed by atoms with van der Waals surface area (Å²) in [4.78, 5) is 11.9. The fraction of sp³-hybridized carbons (Fsp3) is 0.316. The number of rotatable bonds is 8. The van der Waals surface area contributed by atoms with Crippen LogP contribution in [-0.4, -0.2) is 40.1 Å². The Kier molecular flexibility index (Phi) is 5.68. The van der Waals surface area contributed by atoms with Crippen LogP contribution < -0.4 is 29.0 Å². The smallest absolute Gasteiger partial charge is 0.257 e. The van der Waals surface area contributed by atoms with Crippen molar-refractivity contribution in [3.05, 3.63) is 42.0 Å². The van der Waals surface area contributed by atoms with Gasteiger partial charge < -0.3 is 29.0 Å². The average molecular weight is 359 g/mol. The van der Waals surface area contributed by atoms with Crippen LogP contribution in [0.5, 0.6) is 28.7 Å². The van der Waals surface area contributed by atoms with Crippen LogP contribution >= 0.6 is 0 Å². The molecule has 1 amide bonds. The van der Waals surface area contributed by atoms with Crippen molar-refractivity contribution in [2.75, 3.05) is 34.2 Å². The van der Waals surface area contributed by atoms with Gasteiger partial charge in [0.25, 0.3) is 5.91 Å². The highest BCUT2D eigenvalue weighted by Crippen LogP contribution is 2.35. The first-order valence-corrected chi connectivity index (χ1v) is 8.19. The third-order valence-corrected chi connectivity index (χ3v) is 3.90. The van der Waals surface area contributed by atoms with E-state index in [-0.39, 0.29) is 19.3 Å². The standard InChI is InChI=1S/C19H21NO6/c1-22-15-5-3-13(9-17(15)23-2)7-8-20-19(21)11-24-14-4-6-16-18(10-14)26-12-25-16/h3-6,9-10H,7-8,11-12H2,1-2H3,(H,20,21). The van der Waals surface area contributed by atoms with Crippen LogP contribution in [0.4, 0.5) is 0 Å². The molecule has 0 aromatic heterocycles. The fourth-order valence-electron chi connectivity index (χ4n) is 2.55. The van der Waals surface area contributed by atoms with Crippen LogP contribution in [-0.2, 0) is 11.2 Å². The number of methoxy groups -OCH3 is 2. The van der Waals surface area contributed by atoms with Gasteiger partial charge in [-0.3, -0.25) is 4.79 Å². The maximum absolute atomic E-state index is 11.9. The third kappa shape index (κ3) is 4.30. The van der Waals surface area contributed by atoms with Crippen LogP contribution in [0.1, 0.15) is 5.56 Å². The minimum Gasteiger partial charge on any atom is -0.493 e. The first kappa shape index (κ1) is 17.7. The number of carbonyl (C=O) groups excluding carboxylic acids is 1. The number of fused-ring (bicyclic) bond motifs is 1. The number of nitrogens with one attached hydrogen (secondary N) is 1. The Morgan fingerprint density at radius 2 is 1.85 bits per heavy atom.